The number of esters is 2. The molecule has 0 fully saturated rings. The van der Waals surface area contributed by atoms with E-state index >= 15 is 0 Å². The zero-order valence-electron chi connectivity index (χ0n) is 19.5. The van der Waals surface area contributed by atoms with Gasteiger partial charge in [0, 0.05) is 33.7 Å². The van der Waals surface area contributed by atoms with Gasteiger partial charge in [-0.05, 0) is 49.4 Å². The lowest BCUT2D eigenvalue weighted by Crippen LogP contribution is -2.43. The first-order valence-electron chi connectivity index (χ1n) is 11.1. The second-order valence-corrected chi connectivity index (χ2v) is 9.15. The standard InChI is InChI=1S/C26H27NO6S/c1-5-33-16-10-8-15(9-11-16)21-20(25(29)31-3)14(2)27-18-13-17(19-7-6-12-34-19)22(26(30)32-4)24(28)23(18)21/h6-12,17,21-22,27H,5,13H2,1-4H3/t17-,21+,22+/m1/s1. The van der Waals surface area contributed by atoms with Crippen molar-refractivity contribution >= 4 is 29.1 Å². The van der Waals surface area contributed by atoms with Gasteiger partial charge in [0.2, 0.25) is 0 Å². The molecule has 3 atom stereocenters. The van der Waals surface area contributed by atoms with Crippen LogP contribution >= 0.6 is 11.3 Å². The van der Waals surface area contributed by atoms with Crippen LogP contribution in [0.15, 0.2) is 64.3 Å². The van der Waals surface area contributed by atoms with Crippen molar-refractivity contribution in [2.75, 3.05) is 20.8 Å². The smallest absolute Gasteiger partial charge is 0.336 e. The summed E-state index contributed by atoms with van der Waals surface area (Å²) in [6.07, 6.45) is 0.445. The summed E-state index contributed by atoms with van der Waals surface area (Å²) >= 11 is 1.51. The third-order valence-corrected chi connectivity index (χ3v) is 7.32. The zero-order valence-corrected chi connectivity index (χ0v) is 20.4. The molecule has 178 valence electrons. The minimum atomic E-state index is -0.994. The van der Waals surface area contributed by atoms with E-state index in [2.05, 4.69) is 5.32 Å². The maximum atomic E-state index is 14.0. The molecule has 1 aromatic carbocycles. The van der Waals surface area contributed by atoms with Crippen molar-refractivity contribution in [1.82, 2.24) is 5.32 Å². The van der Waals surface area contributed by atoms with Crippen LogP contribution in [0.4, 0.5) is 0 Å². The Morgan fingerprint density at radius 3 is 2.44 bits per heavy atom. The number of ketones is 1. The third-order valence-electron chi connectivity index (χ3n) is 6.31. The molecule has 4 rings (SSSR count). The summed E-state index contributed by atoms with van der Waals surface area (Å²) in [5.41, 5.74) is 2.82. The number of rotatable bonds is 6. The summed E-state index contributed by atoms with van der Waals surface area (Å²) in [5.74, 6) is -2.78. The average molecular weight is 482 g/mol. The molecular formula is C26H27NO6S. The highest BCUT2D eigenvalue weighted by Gasteiger charge is 2.49. The number of dihydropyridines is 1. The Hall–Kier alpha value is -3.39. The molecule has 2 aromatic rings. The Labute approximate surface area is 202 Å². The zero-order chi connectivity index (χ0) is 24.4. The van der Waals surface area contributed by atoms with Gasteiger partial charge >= 0.3 is 11.9 Å². The average Bonchev–Trinajstić information content (AvgIpc) is 3.38. The Kier molecular flexibility index (Phi) is 6.88. The minimum Gasteiger partial charge on any atom is -0.494 e. The predicted molar refractivity (Wildman–Crippen MR) is 127 cm³/mol. The molecule has 0 radical (unpaired) electrons. The topological polar surface area (TPSA) is 90.9 Å². The molecule has 0 saturated carbocycles. The number of nitrogens with one attached hydrogen (secondary N) is 1. The van der Waals surface area contributed by atoms with Gasteiger partial charge in [0.1, 0.15) is 11.7 Å². The van der Waals surface area contributed by atoms with Crippen molar-refractivity contribution in [2.24, 2.45) is 5.92 Å². The number of thiophene rings is 1. The lowest BCUT2D eigenvalue weighted by atomic mass is 9.68. The SMILES string of the molecule is CCOc1ccc([C@H]2C(C(=O)OC)=C(C)NC3=C2C(=O)[C@@H](C(=O)OC)[C@@H](c2cccs2)C3)cc1. The highest BCUT2D eigenvalue weighted by molar-refractivity contribution is 7.10. The van der Waals surface area contributed by atoms with Gasteiger partial charge in [0.25, 0.3) is 0 Å². The number of carbonyl (C=O) groups is 3. The number of Topliss-reactive ketones (excluding diaryl/α,β-unsaturated/α-hetero) is 1. The van der Waals surface area contributed by atoms with E-state index in [0.717, 1.165) is 10.4 Å². The molecule has 34 heavy (non-hydrogen) atoms. The van der Waals surface area contributed by atoms with Crippen molar-refractivity contribution in [3.05, 3.63) is 74.8 Å². The molecular weight excluding hydrogens is 454 g/mol. The number of carbonyl (C=O) groups excluding carboxylic acids is 3. The van der Waals surface area contributed by atoms with Gasteiger partial charge in [0.15, 0.2) is 5.78 Å². The van der Waals surface area contributed by atoms with Crippen LogP contribution in [-0.4, -0.2) is 38.5 Å². The predicted octanol–water partition coefficient (Wildman–Crippen LogP) is 4.08. The summed E-state index contributed by atoms with van der Waals surface area (Å²) in [6, 6.07) is 11.1. The normalized spacial score (nSPS) is 22.1. The number of hydrogen-bond acceptors (Lipinski definition) is 8. The molecule has 0 amide bonds. The van der Waals surface area contributed by atoms with Gasteiger partial charge < -0.3 is 19.5 Å². The second-order valence-electron chi connectivity index (χ2n) is 8.17. The molecule has 8 heteroatoms. The molecule has 0 spiro atoms. The van der Waals surface area contributed by atoms with Crippen LogP contribution in [0.3, 0.4) is 0 Å². The lowest BCUT2D eigenvalue weighted by Gasteiger charge is -2.39. The number of methoxy groups -OCH3 is 2. The van der Waals surface area contributed by atoms with E-state index in [4.69, 9.17) is 14.2 Å². The van der Waals surface area contributed by atoms with Gasteiger partial charge in [-0.15, -0.1) is 11.3 Å². The molecule has 0 bridgehead atoms. The number of ether oxygens (including phenoxy) is 3. The summed E-state index contributed by atoms with van der Waals surface area (Å²) in [7, 11) is 2.60. The van der Waals surface area contributed by atoms with Crippen molar-refractivity contribution < 1.29 is 28.6 Å². The molecule has 0 unspecified atom stereocenters. The first-order chi connectivity index (χ1) is 16.4. The van der Waals surface area contributed by atoms with E-state index in [1.54, 1.807) is 6.92 Å². The molecule has 2 heterocycles. The largest absolute Gasteiger partial charge is 0.494 e. The van der Waals surface area contributed by atoms with Crippen LogP contribution in [-0.2, 0) is 23.9 Å². The van der Waals surface area contributed by atoms with E-state index in [1.807, 2.05) is 48.7 Å². The summed E-state index contributed by atoms with van der Waals surface area (Å²) in [5, 5.41) is 5.21. The summed E-state index contributed by atoms with van der Waals surface area (Å²) < 4.78 is 15.7. The van der Waals surface area contributed by atoms with E-state index in [9.17, 15) is 14.4 Å². The molecule has 7 nitrogen and oxygen atoms in total. The fourth-order valence-electron chi connectivity index (χ4n) is 4.84. The van der Waals surface area contributed by atoms with Crippen molar-refractivity contribution in [3.8, 4) is 5.75 Å². The Balaban J connectivity index is 1.87. The van der Waals surface area contributed by atoms with E-state index in [1.165, 1.54) is 25.6 Å². The molecule has 1 aliphatic carbocycles. The summed E-state index contributed by atoms with van der Waals surface area (Å²) in [4.78, 5) is 40.6. The fourth-order valence-corrected chi connectivity index (χ4v) is 5.70. The maximum absolute atomic E-state index is 14.0. The monoisotopic (exact) mass is 481 g/mol. The maximum Gasteiger partial charge on any atom is 0.336 e. The van der Waals surface area contributed by atoms with Crippen molar-refractivity contribution in [3.63, 3.8) is 0 Å². The number of benzene rings is 1. The Bertz CT molecular complexity index is 1160. The second kappa shape index (κ2) is 9.85. The first kappa shape index (κ1) is 23.8. The minimum absolute atomic E-state index is 0.341. The Morgan fingerprint density at radius 1 is 1.12 bits per heavy atom. The van der Waals surface area contributed by atoms with Gasteiger partial charge in [-0.3, -0.25) is 9.59 Å². The van der Waals surface area contributed by atoms with E-state index < -0.39 is 23.8 Å². The van der Waals surface area contributed by atoms with Gasteiger partial charge in [-0.1, -0.05) is 18.2 Å². The van der Waals surface area contributed by atoms with Gasteiger partial charge in [0.05, 0.1) is 26.4 Å². The van der Waals surface area contributed by atoms with Crippen LogP contribution in [0.2, 0.25) is 0 Å². The van der Waals surface area contributed by atoms with E-state index in [0.29, 0.717) is 41.3 Å². The molecule has 1 aromatic heterocycles. The third kappa shape index (κ3) is 4.14. The summed E-state index contributed by atoms with van der Waals surface area (Å²) in [6.45, 7) is 4.23. The molecule has 1 aliphatic heterocycles. The van der Waals surface area contributed by atoms with Crippen LogP contribution in [0.1, 0.15) is 42.5 Å². The van der Waals surface area contributed by atoms with Crippen molar-refractivity contribution in [2.45, 2.75) is 32.1 Å². The van der Waals surface area contributed by atoms with Crippen LogP contribution in [0.25, 0.3) is 0 Å². The Morgan fingerprint density at radius 2 is 1.85 bits per heavy atom. The molecule has 1 N–H and O–H groups in total. The van der Waals surface area contributed by atoms with Crippen molar-refractivity contribution in [1.29, 1.82) is 0 Å². The number of allylic oxidation sites excluding steroid dienone is 3. The number of hydrogen-bond donors (Lipinski definition) is 1. The molecule has 0 saturated heterocycles. The van der Waals surface area contributed by atoms with Gasteiger partial charge in [-0.25, -0.2) is 4.79 Å². The van der Waals surface area contributed by atoms with E-state index in [-0.39, 0.29) is 11.7 Å². The quantitative estimate of drug-likeness (QED) is 0.491. The fraction of sp³-hybridized carbons (Fsp3) is 0.346. The van der Waals surface area contributed by atoms with Gasteiger partial charge in [-0.2, -0.15) is 0 Å². The first-order valence-corrected chi connectivity index (χ1v) is 12.0. The van der Waals surface area contributed by atoms with Crippen LogP contribution in [0, 0.1) is 5.92 Å². The van der Waals surface area contributed by atoms with Crippen LogP contribution < -0.4 is 10.1 Å². The van der Waals surface area contributed by atoms with Crippen LogP contribution in [0.5, 0.6) is 5.75 Å². The highest BCUT2D eigenvalue weighted by atomic mass is 32.1. The lowest BCUT2D eigenvalue weighted by molar-refractivity contribution is -0.149. The molecule has 2 aliphatic rings. The highest BCUT2D eigenvalue weighted by Crippen LogP contribution is 2.48.